The zero-order valence-electron chi connectivity index (χ0n) is 22.8. The Hall–Kier alpha value is -4.14. The first kappa shape index (κ1) is 30.4. The number of hydrogen-bond donors (Lipinski definition) is 2. The standard InChI is InChI=1S/C32H36N2O6/c1-33-27(21-35)29(37)25(31(33)39)19-11-7-3-5-9-15-23-17-13-14-18-24(23)16-10-6-4-8-12-20-26-30(38)28(22-36)34(2)32(26)40/h3-13,15-17,19-20,23-24,27-28,35-36H,14,18,21-22H2,1-2H3/b5-3+,6-4+,11-7+,12-8+,15-9+,16-10+,25-19-,26-20-/t23-,24-,27-,28-/m0/s1. The van der Waals surface area contributed by atoms with Crippen LogP contribution in [-0.2, 0) is 19.2 Å². The molecule has 210 valence electrons. The molecule has 8 heteroatoms. The fourth-order valence-corrected chi connectivity index (χ4v) is 4.70. The lowest BCUT2D eigenvalue weighted by molar-refractivity contribution is -0.126. The molecule has 40 heavy (non-hydrogen) atoms. The zero-order valence-corrected chi connectivity index (χ0v) is 22.8. The Balaban J connectivity index is 1.50. The first-order valence-electron chi connectivity index (χ1n) is 13.3. The molecule has 2 heterocycles. The molecule has 0 spiro atoms. The molecule has 0 radical (unpaired) electrons. The van der Waals surface area contributed by atoms with Crippen molar-refractivity contribution < 1.29 is 29.4 Å². The molecular weight excluding hydrogens is 508 g/mol. The topological polar surface area (TPSA) is 115 Å². The largest absolute Gasteiger partial charge is 0.394 e. The summed E-state index contributed by atoms with van der Waals surface area (Å²) in [6.07, 6.45) is 31.8. The number of aliphatic hydroxyl groups excluding tert-OH is 2. The Morgan fingerprint density at radius 1 is 0.700 bits per heavy atom. The van der Waals surface area contributed by atoms with Gasteiger partial charge in [-0.15, -0.1) is 0 Å². The van der Waals surface area contributed by atoms with Gasteiger partial charge in [0.2, 0.25) is 0 Å². The molecule has 0 bridgehead atoms. The minimum atomic E-state index is -0.801. The van der Waals surface area contributed by atoms with Crippen molar-refractivity contribution >= 4 is 23.4 Å². The van der Waals surface area contributed by atoms with Gasteiger partial charge < -0.3 is 20.0 Å². The molecular formula is C32H36N2O6. The van der Waals surface area contributed by atoms with E-state index in [0.29, 0.717) is 5.92 Å². The number of carbonyl (C=O) groups excluding carboxylic acids is 4. The second kappa shape index (κ2) is 14.9. The molecule has 2 N–H and O–H groups in total. The van der Waals surface area contributed by atoms with Gasteiger partial charge in [-0.3, -0.25) is 19.2 Å². The van der Waals surface area contributed by atoms with E-state index in [1.165, 1.54) is 36.0 Å². The van der Waals surface area contributed by atoms with E-state index >= 15 is 0 Å². The van der Waals surface area contributed by atoms with Crippen LogP contribution >= 0.6 is 0 Å². The van der Waals surface area contributed by atoms with Crippen LogP contribution in [0.3, 0.4) is 0 Å². The zero-order chi connectivity index (χ0) is 29.1. The number of likely N-dealkylation sites (N-methyl/N-ethyl adjacent to an activating group) is 2. The number of allylic oxidation sites excluding steroid dienone is 16. The fraction of sp³-hybridized carbons (Fsp3) is 0.312. The Bertz CT molecular complexity index is 1260. The lowest BCUT2D eigenvalue weighted by Crippen LogP contribution is -2.34. The maximum Gasteiger partial charge on any atom is 0.258 e. The molecule has 4 atom stereocenters. The summed E-state index contributed by atoms with van der Waals surface area (Å²) in [6.45, 7) is -0.773. The highest BCUT2D eigenvalue weighted by atomic mass is 16.3. The summed E-state index contributed by atoms with van der Waals surface area (Å²) in [5.74, 6) is -0.889. The molecule has 2 amide bonds. The predicted octanol–water partition coefficient (Wildman–Crippen LogP) is 2.56. The smallest absolute Gasteiger partial charge is 0.258 e. The van der Waals surface area contributed by atoms with E-state index in [-0.39, 0.29) is 53.7 Å². The monoisotopic (exact) mass is 544 g/mol. The van der Waals surface area contributed by atoms with Gasteiger partial charge in [-0.05, 0) is 30.9 Å². The number of aliphatic hydroxyl groups is 2. The molecule has 2 aliphatic heterocycles. The average molecular weight is 545 g/mol. The number of nitrogens with zero attached hydrogens (tertiary/aromatic N) is 2. The summed E-state index contributed by atoms with van der Waals surface area (Å²) in [5.41, 5.74) is 0.156. The molecule has 0 unspecified atom stereocenters. The summed E-state index contributed by atoms with van der Waals surface area (Å²) in [7, 11) is 3.01. The molecule has 3 aliphatic rings. The number of likely N-dealkylation sites (tertiary alicyclic amines) is 2. The Labute approximate surface area is 235 Å². The van der Waals surface area contributed by atoms with Crippen molar-refractivity contribution in [2.24, 2.45) is 11.8 Å². The van der Waals surface area contributed by atoms with Gasteiger partial charge in [-0.2, -0.15) is 0 Å². The molecule has 8 nitrogen and oxygen atoms in total. The quantitative estimate of drug-likeness (QED) is 0.189. The minimum Gasteiger partial charge on any atom is -0.394 e. The molecule has 2 saturated heterocycles. The third kappa shape index (κ3) is 7.28. The summed E-state index contributed by atoms with van der Waals surface area (Å²) in [5, 5.41) is 18.6. The molecule has 0 aromatic carbocycles. The van der Waals surface area contributed by atoms with Crippen molar-refractivity contribution in [3.8, 4) is 0 Å². The van der Waals surface area contributed by atoms with Gasteiger partial charge in [0, 0.05) is 20.0 Å². The first-order chi connectivity index (χ1) is 19.3. The van der Waals surface area contributed by atoms with Crippen LogP contribution in [0.1, 0.15) is 12.8 Å². The Morgan fingerprint density at radius 2 is 1.15 bits per heavy atom. The maximum absolute atomic E-state index is 12.2. The SMILES string of the molecule is CN1C(=O)\C(=C/C=C/C=C/C=C/[C@H]2C=CCC[C@@H]2/C=C/C=C/C=C/C=C2/C(=O)[C@H](CO)N(C)C2=O)C(=O)[C@@H]1CO. The fourth-order valence-electron chi connectivity index (χ4n) is 4.70. The normalized spacial score (nSPS) is 28.5. The van der Waals surface area contributed by atoms with E-state index in [2.05, 4.69) is 24.3 Å². The first-order valence-corrected chi connectivity index (χ1v) is 13.3. The second-order valence-electron chi connectivity index (χ2n) is 9.67. The second-order valence-corrected chi connectivity index (χ2v) is 9.67. The van der Waals surface area contributed by atoms with Crippen LogP contribution in [0.15, 0.2) is 108 Å². The number of Topliss-reactive ketones (excluding diaryl/α,β-unsaturated/α-hetero) is 2. The predicted molar refractivity (Wildman–Crippen MR) is 154 cm³/mol. The van der Waals surface area contributed by atoms with Crippen LogP contribution in [0.4, 0.5) is 0 Å². The van der Waals surface area contributed by atoms with Crippen LogP contribution in [0.25, 0.3) is 0 Å². The number of amides is 2. The van der Waals surface area contributed by atoms with Crippen LogP contribution in [-0.4, -0.2) is 82.8 Å². The van der Waals surface area contributed by atoms with Gasteiger partial charge in [0.25, 0.3) is 11.8 Å². The van der Waals surface area contributed by atoms with Crippen LogP contribution in [0.2, 0.25) is 0 Å². The summed E-state index contributed by atoms with van der Waals surface area (Å²) in [4.78, 5) is 51.1. The highest BCUT2D eigenvalue weighted by molar-refractivity contribution is 6.27. The van der Waals surface area contributed by atoms with Crippen molar-refractivity contribution in [2.45, 2.75) is 24.9 Å². The van der Waals surface area contributed by atoms with E-state index in [0.717, 1.165) is 12.8 Å². The third-order valence-electron chi connectivity index (χ3n) is 7.14. The lowest BCUT2D eigenvalue weighted by atomic mass is 9.83. The summed E-state index contributed by atoms with van der Waals surface area (Å²) >= 11 is 0. The van der Waals surface area contributed by atoms with Crippen LogP contribution in [0, 0.1) is 11.8 Å². The van der Waals surface area contributed by atoms with Gasteiger partial charge in [0.1, 0.15) is 12.1 Å². The number of rotatable bonds is 10. The lowest BCUT2D eigenvalue weighted by Gasteiger charge is -2.22. The molecule has 0 aromatic rings. The van der Waals surface area contributed by atoms with Crippen LogP contribution < -0.4 is 0 Å². The average Bonchev–Trinajstić information content (AvgIpc) is 3.29. The van der Waals surface area contributed by atoms with E-state index in [4.69, 9.17) is 0 Å². The third-order valence-corrected chi connectivity index (χ3v) is 7.14. The summed E-state index contributed by atoms with van der Waals surface area (Å²) < 4.78 is 0. The van der Waals surface area contributed by atoms with E-state index < -0.39 is 12.1 Å². The van der Waals surface area contributed by atoms with Gasteiger partial charge in [0.15, 0.2) is 11.6 Å². The van der Waals surface area contributed by atoms with E-state index in [9.17, 15) is 29.4 Å². The van der Waals surface area contributed by atoms with Gasteiger partial charge in [0.05, 0.1) is 24.4 Å². The van der Waals surface area contributed by atoms with Gasteiger partial charge >= 0.3 is 0 Å². The number of carbonyl (C=O) groups is 4. The van der Waals surface area contributed by atoms with Crippen LogP contribution in [0.5, 0.6) is 0 Å². The van der Waals surface area contributed by atoms with Crippen molar-refractivity contribution in [1.29, 1.82) is 0 Å². The maximum atomic E-state index is 12.2. The van der Waals surface area contributed by atoms with Crippen molar-refractivity contribution in [2.75, 3.05) is 27.3 Å². The minimum absolute atomic E-state index is 0.0771. The molecule has 3 rings (SSSR count). The Kier molecular flexibility index (Phi) is 11.3. The van der Waals surface area contributed by atoms with E-state index in [1.54, 1.807) is 24.3 Å². The van der Waals surface area contributed by atoms with Crippen molar-refractivity contribution in [3.05, 3.63) is 108 Å². The van der Waals surface area contributed by atoms with Gasteiger partial charge in [-0.1, -0.05) is 85.1 Å². The molecule has 2 fully saturated rings. The van der Waals surface area contributed by atoms with Gasteiger partial charge in [-0.25, -0.2) is 0 Å². The molecule has 0 saturated carbocycles. The number of hydrogen-bond acceptors (Lipinski definition) is 6. The highest BCUT2D eigenvalue weighted by Gasteiger charge is 2.40. The van der Waals surface area contributed by atoms with Crippen molar-refractivity contribution in [1.82, 2.24) is 9.80 Å². The Morgan fingerprint density at radius 3 is 1.62 bits per heavy atom. The number of ketones is 2. The van der Waals surface area contributed by atoms with E-state index in [1.807, 2.05) is 36.5 Å². The van der Waals surface area contributed by atoms with Crippen molar-refractivity contribution in [3.63, 3.8) is 0 Å². The molecule has 0 aromatic heterocycles. The summed E-state index contributed by atoms with van der Waals surface area (Å²) in [6, 6.07) is -1.60. The highest BCUT2D eigenvalue weighted by Crippen LogP contribution is 2.27. The molecule has 1 aliphatic carbocycles.